The van der Waals surface area contributed by atoms with E-state index in [4.69, 9.17) is 5.73 Å². The highest BCUT2D eigenvalue weighted by atomic mass is 31.1. The van der Waals surface area contributed by atoms with Crippen LogP contribution in [0.1, 0.15) is 52.2 Å². The summed E-state index contributed by atoms with van der Waals surface area (Å²) in [6, 6.07) is 6.72. The molecule has 0 saturated carbocycles. The van der Waals surface area contributed by atoms with Crippen LogP contribution in [0.3, 0.4) is 0 Å². The van der Waals surface area contributed by atoms with Crippen molar-refractivity contribution in [2.75, 3.05) is 24.7 Å². The largest absolute Gasteiger partial charge is 0.403 e. The average Bonchev–Trinajstić information content (AvgIpc) is 2.75. The molecule has 1 amide bonds. The third-order valence-electron chi connectivity index (χ3n) is 4.28. The molecule has 1 unspecified atom stereocenters. The first-order valence-corrected chi connectivity index (χ1v) is 12.0. The zero-order chi connectivity index (χ0) is 24.4. The predicted molar refractivity (Wildman–Crippen MR) is 143 cm³/mol. The Morgan fingerprint density at radius 2 is 1.94 bits per heavy atom. The molecule has 31 heavy (non-hydrogen) atoms. The van der Waals surface area contributed by atoms with Crippen molar-refractivity contribution in [3.63, 3.8) is 0 Å². The van der Waals surface area contributed by atoms with Crippen LogP contribution in [0.25, 0.3) is 5.57 Å². The molecule has 1 aromatic carbocycles. The standard InChI is InChI=1S/C19H27N2OP.C3H7N.C2H6.C2H2/c1-5-16(13-23-11-10-20-4)17-8-9-19-18(12-17)7-6-14(2)21(19)15(3)22;1-3(2)4;2*1-2/h5,8-9,12-14,20,23H,1,6-7,10-11H2,2-4H3;1,4H2,2H3;1-2H3;1-2H/b16-13+;;;/t14-;;;/m0.../s1. The van der Waals surface area contributed by atoms with E-state index in [1.54, 1.807) is 13.8 Å². The van der Waals surface area contributed by atoms with Crippen LogP contribution in [-0.2, 0) is 11.2 Å². The number of hydrogen-bond donors (Lipinski definition) is 2. The number of amides is 1. The lowest BCUT2D eigenvalue weighted by molar-refractivity contribution is -0.117. The third kappa shape index (κ3) is 11.6. The van der Waals surface area contributed by atoms with E-state index >= 15 is 0 Å². The predicted octanol–water partition coefficient (Wildman–Crippen LogP) is 5.55. The van der Waals surface area contributed by atoms with E-state index in [1.807, 2.05) is 31.9 Å². The number of aryl methyl sites for hydroxylation is 1. The van der Waals surface area contributed by atoms with Gasteiger partial charge >= 0.3 is 0 Å². The Labute approximate surface area is 192 Å². The number of nitrogens with two attached hydrogens (primary N) is 1. The van der Waals surface area contributed by atoms with E-state index in [9.17, 15) is 4.79 Å². The first-order chi connectivity index (χ1) is 14.8. The number of fused-ring (bicyclic) bond motifs is 1. The maximum Gasteiger partial charge on any atom is 0.224 e. The number of carbonyl (C=O) groups excluding carboxylic acids is 1. The van der Waals surface area contributed by atoms with Crippen LogP contribution in [0.15, 0.2) is 48.9 Å². The number of terminal acetylenes is 1. The van der Waals surface area contributed by atoms with Crippen molar-refractivity contribution >= 4 is 25.7 Å². The lowest BCUT2D eigenvalue weighted by atomic mass is 9.93. The Bertz CT molecular complexity index is 733. The van der Waals surface area contributed by atoms with Crippen LogP contribution in [0, 0.1) is 12.8 Å². The number of rotatable bonds is 6. The Kier molecular flexibility index (Phi) is 18.3. The minimum Gasteiger partial charge on any atom is -0.403 e. The van der Waals surface area contributed by atoms with Gasteiger partial charge in [0, 0.05) is 18.7 Å². The number of benzene rings is 1. The smallest absolute Gasteiger partial charge is 0.224 e. The van der Waals surface area contributed by atoms with Gasteiger partial charge in [0.15, 0.2) is 0 Å². The molecule has 1 heterocycles. The highest BCUT2D eigenvalue weighted by Crippen LogP contribution is 2.34. The van der Waals surface area contributed by atoms with Crippen LogP contribution in [0.2, 0.25) is 0 Å². The van der Waals surface area contributed by atoms with Crippen LogP contribution < -0.4 is 16.0 Å². The topological polar surface area (TPSA) is 58.4 Å². The van der Waals surface area contributed by atoms with Crippen LogP contribution in [0.5, 0.6) is 0 Å². The van der Waals surface area contributed by atoms with Crippen molar-refractivity contribution in [2.24, 2.45) is 5.73 Å². The Hall–Kier alpha value is -2.34. The summed E-state index contributed by atoms with van der Waals surface area (Å²) in [5, 5.41) is 3.17. The Morgan fingerprint density at radius 1 is 1.35 bits per heavy atom. The number of nitrogens with zero attached hydrogens (tertiary/aromatic N) is 1. The van der Waals surface area contributed by atoms with Crippen LogP contribution in [0.4, 0.5) is 5.69 Å². The summed E-state index contributed by atoms with van der Waals surface area (Å²) in [4.78, 5) is 13.9. The average molecular weight is 444 g/mol. The summed E-state index contributed by atoms with van der Waals surface area (Å²) in [7, 11) is 2.77. The fraction of sp³-hybridized carbons (Fsp3) is 0.423. The Morgan fingerprint density at radius 3 is 2.42 bits per heavy atom. The molecule has 1 aliphatic rings. The molecule has 0 bridgehead atoms. The zero-order valence-corrected chi connectivity index (χ0v) is 21.3. The molecular formula is C26H42N3OP. The molecular weight excluding hydrogens is 401 g/mol. The first-order valence-electron chi connectivity index (χ1n) is 10.7. The van der Waals surface area contributed by atoms with Crippen molar-refractivity contribution in [1.29, 1.82) is 0 Å². The fourth-order valence-electron chi connectivity index (χ4n) is 3.05. The summed E-state index contributed by atoms with van der Waals surface area (Å²) in [6.07, 6.45) is 13.1. The second-order valence-corrected chi connectivity index (χ2v) is 8.02. The summed E-state index contributed by atoms with van der Waals surface area (Å²) in [5.74, 6) is 2.40. The lowest BCUT2D eigenvalue weighted by Crippen LogP contribution is -2.40. The van der Waals surface area contributed by atoms with Crippen molar-refractivity contribution in [2.45, 2.75) is 53.5 Å². The van der Waals surface area contributed by atoms with E-state index in [0.29, 0.717) is 5.70 Å². The molecule has 0 aromatic heterocycles. The van der Waals surface area contributed by atoms with Crippen molar-refractivity contribution in [1.82, 2.24) is 5.32 Å². The van der Waals surface area contributed by atoms with Crippen molar-refractivity contribution in [3.05, 3.63) is 60.1 Å². The molecule has 0 aliphatic carbocycles. The molecule has 4 nitrogen and oxygen atoms in total. The SMILES string of the molecule is C#C.C=C(C)N.C=C/C(=C\PCCNC)c1ccc2c(c1)CC[C@H](C)N2C(C)=O.CC. The quantitative estimate of drug-likeness (QED) is 0.262. The van der Waals surface area contributed by atoms with Gasteiger partial charge in [-0.2, -0.15) is 0 Å². The summed E-state index contributed by atoms with van der Waals surface area (Å²) < 4.78 is 0. The molecule has 1 aromatic rings. The number of hydrogen-bond acceptors (Lipinski definition) is 3. The summed E-state index contributed by atoms with van der Waals surface area (Å²) in [5.41, 5.74) is 10.3. The van der Waals surface area contributed by atoms with Gasteiger partial charge in [-0.15, -0.1) is 12.8 Å². The van der Waals surface area contributed by atoms with E-state index in [2.05, 4.69) is 62.3 Å². The van der Waals surface area contributed by atoms with Gasteiger partial charge in [-0.1, -0.05) is 53.5 Å². The molecule has 0 spiro atoms. The lowest BCUT2D eigenvalue weighted by Gasteiger charge is -2.35. The number of anilines is 1. The maximum atomic E-state index is 11.9. The highest BCUT2D eigenvalue weighted by Gasteiger charge is 2.26. The van der Waals surface area contributed by atoms with Crippen LogP contribution in [-0.4, -0.2) is 31.7 Å². The number of allylic oxidation sites excluding steroid dienone is 3. The van der Waals surface area contributed by atoms with E-state index in [0.717, 1.165) is 39.8 Å². The fourth-order valence-corrected chi connectivity index (χ4v) is 4.09. The Balaban J connectivity index is 0. The summed E-state index contributed by atoms with van der Waals surface area (Å²) in [6.45, 7) is 17.9. The summed E-state index contributed by atoms with van der Waals surface area (Å²) >= 11 is 0. The number of nitrogens with one attached hydrogen (secondary N) is 1. The maximum absolute atomic E-state index is 11.9. The van der Waals surface area contributed by atoms with Gasteiger partial charge in [0.2, 0.25) is 5.91 Å². The molecule has 5 heteroatoms. The van der Waals surface area contributed by atoms with Gasteiger partial charge in [0.1, 0.15) is 0 Å². The molecule has 1 aliphatic heterocycles. The van der Waals surface area contributed by atoms with Gasteiger partial charge in [-0.05, 0) is 81.0 Å². The second kappa shape index (κ2) is 18.4. The van der Waals surface area contributed by atoms with Gasteiger partial charge < -0.3 is 16.0 Å². The second-order valence-electron chi connectivity index (χ2n) is 6.83. The minimum atomic E-state index is 0.124. The van der Waals surface area contributed by atoms with Crippen LogP contribution >= 0.6 is 8.58 Å². The third-order valence-corrected chi connectivity index (χ3v) is 5.33. The molecule has 0 saturated heterocycles. The molecule has 3 N–H and O–H groups in total. The monoisotopic (exact) mass is 443 g/mol. The molecule has 172 valence electrons. The van der Waals surface area contributed by atoms with Gasteiger partial charge in [-0.25, -0.2) is 0 Å². The van der Waals surface area contributed by atoms with E-state index < -0.39 is 0 Å². The van der Waals surface area contributed by atoms with Gasteiger partial charge in [0.05, 0.1) is 0 Å². The molecule has 2 atom stereocenters. The molecule has 0 fully saturated rings. The normalized spacial score (nSPS) is 14.6. The molecule has 2 rings (SSSR count). The molecule has 0 radical (unpaired) electrons. The number of carbonyl (C=O) groups is 1. The van der Waals surface area contributed by atoms with Crippen molar-refractivity contribution in [3.8, 4) is 12.8 Å². The first kappa shape index (κ1) is 30.9. The van der Waals surface area contributed by atoms with E-state index in [-0.39, 0.29) is 11.9 Å². The highest BCUT2D eigenvalue weighted by molar-refractivity contribution is 7.42. The zero-order valence-electron chi connectivity index (χ0n) is 20.3. The van der Waals surface area contributed by atoms with Crippen molar-refractivity contribution < 1.29 is 4.79 Å². The minimum absolute atomic E-state index is 0.124. The van der Waals surface area contributed by atoms with E-state index in [1.165, 1.54) is 16.7 Å². The van der Waals surface area contributed by atoms with Gasteiger partial charge in [0.25, 0.3) is 0 Å². The van der Waals surface area contributed by atoms with Gasteiger partial charge in [-0.3, -0.25) is 4.79 Å².